The number of thioether (sulfide) groups is 1. The normalized spacial score (nSPS) is 16.4. The first kappa shape index (κ1) is 18.6. The van der Waals surface area contributed by atoms with Gasteiger partial charge in [-0.3, -0.25) is 0 Å². The van der Waals surface area contributed by atoms with Crippen LogP contribution in [0.4, 0.5) is 17.6 Å². The monoisotopic (exact) mass is 399 g/mol. The van der Waals surface area contributed by atoms with Gasteiger partial charge in [0, 0.05) is 12.3 Å². The molecule has 4 rings (SSSR count). The number of nitrogens with one attached hydrogen (secondary N) is 1. The minimum atomic E-state index is 0.166. The van der Waals surface area contributed by atoms with E-state index in [0.717, 1.165) is 25.1 Å². The molecule has 0 saturated carbocycles. The standard InChI is InChI=1S/C17H21N9OS/c1-11-4-6-12(7-5-11)19-16-21-14(20-15(18)22-16)10-28-17-23-24-25-26(17)9-13-3-2-8-27-13/h4-7,13H,2-3,8-10H2,1H3,(H3,18,19,20,21,22)/t13-/m0/s1. The van der Waals surface area contributed by atoms with Crippen molar-refractivity contribution < 1.29 is 4.74 Å². The molecule has 1 aromatic carbocycles. The number of hydrogen-bond donors (Lipinski definition) is 2. The number of nitrogen functional groups attached to an aromatic ring is 1. The lowest BCUT2D eigenvalue weighted by molar-refractivity contribution is 0.0912. The highest BCUT2D eigenvalue weighted by Gasteiger charge is 2.19. The van der Waals surface area contributed by atoms with Gasteiger partial charge in [-0.25, -0.2) is 4.68 Å². The third kappa shape index (κ3) is 4.73. The minimum Gasteiger partial charge on any atom is -0.376 e. The first-order valence-corrected chi connectivity index (χ1v) is 9.99. The molecule has 3 heterocycles. The van der Waals surface area contributed by atoms with Crippen LogP contribution in [-0.2, 0) is 17.0 Å². The molecule has 0 bridgehead atoms. The Morgan fingerprint density at radius 3 is 2.89 bits per heavy atom. The molecule has 1 fully saturated rings. The lowest BCUT2D eigenvalue weighted by Crippen LogP contribution is -2.17. The fourth-order valence-corrected chi connectivity index (χ4v) is 3.59. The predicted octanol–water partition coefficient (Wildman–Crippen LogP) is 1.96. The van der Waals surface area contributed by atoms with Crippen LogP contribution in [0.15, 0.2) is 29.4 Å². The van der Waals surface area contributed by atoms with Crippen LogP contribution in [0, 0.1) is 6.92 Å². The average Bonchev–Trinajstić information content (AvgIpc) is 3.34. The summed E-state index contributed by atoms with van der Waals surface area (Å²) in [6, 6.07) is 7.95. The van der Waals surface area contributed by atoms with Gasteiger partial charge in [0.05, 0.1) is 18.4 Å². The highest BCUT2D eigenvalue weighted by molar-refractivity contribution is 7.98. The molecule has 28 heavy (non-hydrogen) atoms. The second kappa shape index (κ2) is 8.48. The summed E-state index contributed by atoms with van der Waals surface area (Å²) in [4.78, 5) is 12.8. The second-order valence-electron chi connectivity index (χ2n) is 6.49. The van der Waals surface area contributed by atoms with Gasteiger partial charge in [0.1, 0.15) is 5.82 Å². The highest BCUT2D eigenvalue weighted by atomic mass is 32.2. The zero-order valence-electron chi connectivity index (χ0n) is 15.4. The Bertz CT molecular complexity index is 925. The number of tetrazole rings is 1. The molecule has 0 unspecified atom stereocenters. The Morgan fingerprint density at radius 1 is 1.25 bits per heavy atom. The van der Waals surface area contributed by atoms with E-state index in [1.807, 2.05) is 31.2 Å². The molecule has 11 heteroatoms. The first-order chi connectivity index (χ1) is 13.7. The van der Waals surface area contributed by atoms with Crippen molar-refractivity contribution in [2.75, 3.05) is 17.7 Å². The van der Waals surface area contributed by atoms with Gasteiger partial charge in [0.2, 0.25) is 17.1 Å². The van der Waals surface area contributed by atoms with Gasteiger partial charge < -0.3 is 15.8 Å². The summed E-state index contributed by atoms with van der Waals surface area (Å²) in [5, 5.41) is 15.8. The van der Waals surface area contributed by atoms with Crippen molar-refractivity contribution in [1.29, 1.82) is 0 Å². The topological polar surface area (TPSA) is 130 Å². The lowest BCUT2D eigenvalue weighted by Gasteiger charge is -2.10. The Morgan fingerprint density at radius 2 is 2.11 bits per heavy atom. The van der Waals surface area contributed by atoms with E-state index >= 15 is 0 Å². The third-order valence-corrected chi connectivity index (χ3v) is 5.19. The fraction of sp³-hybridized carbons (Fsp3) is 0.412. The zero-order chi connectivity index (χ0) is 19.3. The molecule has 0 amide bonds. The third-order valence-electron chi connectivity index (χ3n) is 4.24. The lowest BCUT2D eigenvalue weighted by atomic mass is 10.2. The Labute approximate surface area is 166 Å². The van der Waals surface area contributed by atoms with Crippen LogP contribution >= 0.6 is 11.8 Å². The number of benzene rings is 1. The maximum absolute atomic E-state index is 5.85. The van der Waals surface area contributed by atoms with Crippen molar-refractivity contribution in [1.82, 2.24) is 35.2 Å². The summed E-state index contributed by atoms with van der Waals surface area (Å²) in [7, 11) is 0. The number of anilines is 3. The SMILES string of the molecule is Cc1ccc(Nc2nc(N)nc(CSc3nnnn3C[C@@H]3CCCO3)n2)cc1. The van der Waals surface area contributed by atoms with Crippen LogP contribution in [0.5, 0.6) is 0 Å². The summed E-state index contributed by atoms with van der Waals surface area (Å²) in [6.45, 7) is 3.48. The molecule has 0 spiro atoms. The molecule has 1 atom stereocenters. The number of nitrogens with two attached hydrogens (primary N) is 1. The Kier molecular flexibility index (Phi) is 5.63. The smallest absolute Gasteiger partial charge is 0.232 e. The van der Waals surface area contributed by atoms with E-state index in [4.69, 9.17) is 10.5 Å². The summed E-state index contributed by atoms with van der Waals surface area (Å²) >= 11 is 1.45. The van der Waals surface area contributed by atoms with E-state index in [0.29, 0.717) is 29.2 Å². The van der Waals surface area contributed by atoms with Gasteiger partial charge in [-0.1, -0.05) is 29.5 Å². The van der Waals surface area contributed by atoms with E-state index in [9.17, 15) is 0 Å². The van der Waals surface area contributed by atoms with E-state index in [2.05, 4.69) is 35.8 Å². The molecule has 0 radical (unpaired) electrons. The van der Waals surface area contributed by atoms with Crippen LogP contribution in [0.25, 0.3) is 0 Å². The summed E-state index contributed by atoms with van der Waals surface area (Å²) in [5.41, 5.74) is 7.92. The molecule has 1 aliphatic heterocycles. The zero-order valence-corrected chi connectivity index (χ0v) is 16.3. The predicted molar refractivity (Wildman–Crippen MR) is 105 cm³/mol. The number of hydrogen-bond acceptors (Lipinski definition) is 10. The maximum atomic E-state index is 5.85. The van der Waals surface area contributed by atoms with Gasteiger partial charge in [-0.05, 0) is 42.3 Å². The first-order valence-electron chi connectivity index (χ1n) is 9.00. The Balaban J connectivity index is 1.42. The van der Waals surface area contributed by atoms with Crippen molar-refractivity contribution >= 4 is 29.3 Å². The number of aryl methyl sites for hydroxylation is 1. The van der Waals surface area contributed by atoms with Crippen LogP contribution in [0.2, 0.25) is 0 Å². The van der Waals surface area contributed by atoms with Crippen molar-refractivity contribution in [3.05, 3.63) is 35.7 Å². The van der Waals surface area contributed by atoms with Gasteiger partial charge in [-0.2, -0.15) is 15.0 Å². The molecule has 1 saturated heterocycles. The number of nitrogens with zero attached hydrogens (tertiary/aromatic N) is 7. The molecule has 1 aliphatic rings. The van der Waals surface area contributed by atoms with Crippen LogP contribution in [0.3, 0.4) is 0 Å². The molecule has 3 aromatic rings. The molecule has 0 aliphatic carbocycles. The van der Waals surface area contributed by atoms with E-state index in [1.165, 1.54) is 17.3 Å². The maximum Gasteiger partial charge on any atom is 0.232 e. The van der Waals surface area contributed by atoms with Crippen LogP contribution < -0.4 is 11.1 Å². The van der Waals surface area contributed by atoms with Crippen molar-refractivity contribution in [2.45, 2.75) is 43.3 Å². The molecule has 146 valence electrons. The molecule has 10 nitrogen and oxygen atoms in total. The molecular formula is C17H21N9OS. The number of rotatable bonds is 7. The Hall–Kier alpha value is -2.79. The van der Waals surface area contributed by atoms with E-state index in [1.54, 1.807) is 4.68 Å². The van der Waals surface area contributed by atoms with Gasteiger partial charge >= 0.3 is 0 Å². The van der Waals surface area contributed by atoms with E-state index in [-0.39, 0.29) is 12.1 Å². The van der Waals surface area contributed by atoms with Gasteiger partial charge in [0.25, 0.3) is 0 Å². The molecular weight excluding hydrogens is 378 g/mol. The van der Waals surface area contributed by atoms with E-state index < -0.39 is 0 Å². The molecule has 2 aromatic heterocycles. The largest absolute Gasteiger partial charge is 0.376 e. The van der Waals surface area contributed by atoms with Crippen molar-refractivity contribution in [2.24, 2.45) is 0 Å². The molecule has 3 N–H and O–H groups in total. The quantitative estimate of drug-likeness (QED) is 0.569. The van der Waals surface area contributed by atoms with Crippen LogP contribution in [-0.4, -0.2) is 47.9 Å². The summed E-state index contributed by atoms with van der Waals surface area (Å²) < 4.78 is 7.42. The minimum absolute atomic E-state index is 0.166. The fourth-order valence-electron chi connectivity index (χ4n) is 2.85. The summed E-state index contributed by atoms with van der Waals surface area (Å²) in [5.74, 6) is 1.60. The van der Waals surface area contributed by atoms with Gasteiger partial charge in [0.15, 0.2) is 0 Å². The summed E-state index contributed by atoms with van der Waals surface area (Å²) in [6.07, 6.45) is 2.28. The average molecular weight is 399 g/mol. The second-order valence-corrected chi connectivity index (χ2v) is 7.43. The van der Waals surface area contributed by atoms with Crippen LogP contribution in [0.1, 0.15) is 24.2 Å². The van der Waals surface area contributed by atoms with Crippen molar-refractivity contribution in [3.8, 4) is 0 Å². The van der Waals surface area contributed by atoms with Crippen molar-refractivity contribution in [3.63, 3.8) is 0 Å². The number of aromatic nitrogens is 7. The number of ether oxygens (including phenoxy) is 1. The van der Waals surface area contributed by atoms with Gasteiger partial charge in [-0.15, -0.1) is 5.10 Å². The highest BCUT2D eigenvalue weighted by Crippen LogP contribution is 2.22.